The van der Waals surface area contributed by atoms with Gasteiger partial charge in [0.15, 0.2) is 0 Å². The fourth-order valence-corrected chi connectivity index (χ4v) is 2.10. The van der Waals surface area contributed by atoms with E-state index in [4.69, 9.17) is 0 Å². The summed E-state index contributed by atoms with van der Waals surface area (Å²) in [7, 11) is 0. The molecule has 4 heteroatoms. The Kier molecular flexibility index (Phi) is 3.19. The molecule has 2 rings (SSSR count). The maximum absolute atomic E-state index is 12.2. The average Bonchev–Trinajstić information content (AvgIpc) is 2.25. The van der Waals surface area contributed by atoms with Crippen molar-refractivity contribution in [1.29, 1.82) is 0 Å². The second-order valence-electron chi connectivity index (χ2n) is 4.10. The molecule has 1 heterocycles. The molecule has 88 valence electrons. The van der Waals surface area contributed by atoms with Gasteiger partial charge in [-0.1, -0.05) is 18.2 Å². The van der Waals surface area contributed by atoms with Gasteiger partial charge in [0.2, 0.25) is 0 Å². The molecule has 0 saturated heterocycles. The van der Waals surface area contributed by atoms with Crippen molar-refractivity contribution in [3.8, 4) is 0 Å². The first-order valence-corrected chi connectivity index (χ1v) is 5.43. The molecule has 0 unspecified atom stereocenters. The van der Waals surface area contributed by atoms with E-state index in [-0.39, 0.29) is 6.42 Å². The van der Waals surface area contributed by atoms with Gasteiger partial charge in [-0.2, -0.15) is 13.2 Å². The van der Waals surface area contributed by atoms with Crippen molar-refractivity contribution in [2.75, 3.05) is 6.54 Å². The molecular formula is C12H14F3N. The SMILES string of the molecule is FC(F)(F)CCc1cccc2c1CNCC2. The van der Waals surface area contributed by atoms with Gasteiger partial charge in [0.05, 0.1) is 0 Å². The van der Waals surface area contributed by atoms with Crippen molar-refractivity contribution >= 4 is 0 Å². The Bertz CT molecular complexity index is 371. The zero-order valence-corrected chi connectivity index (χ0v) is 8.90. The summed E-state index contributed by atoms with van der Waals surface area (Å²) in [5, 5.41) is 3.20. The van der Waals surface area contributed by atoms with Gasteiger partial charge in [0, 0.05) is 13.0 Å². The standard InChI is InChI=1S/C12H14F3N/c13-12(14,15)6-4-9-2-1-3-10-5-7-16-8-11(9)10/h1-3,16H,4-8H2. The van der Waals surface area contributed by atoms with Crippen LogP contribution in [0.1, 0.15) is 23.1 Å². The van der Waals surface area contributed by atoms with E-state index in [1.54, 1.807) is 6.07 Å². The fourth-order valence-electron chi connectivity index (χ4n) is 2.10. The molecule has 0 aromatic heterocycles. The third-order valence-corrected chi connectivity index (χ3v) is 2.92. The van der Waals surface area contributed by atoms with Crippen LogP contribution in [0.25, 0.3) is 0 Å². The first-order chi connectivity index (χ1) is 7.56. The highest BCUT2D eigenvalue weighted by atomic mass is 19.4. The second-order valence-corrected chi connectivity index (χ2v) is 4.10. The highest BCUT2D eigenvalue weighted by molar-refractivity contribution is 5.37. The van der Waals surface area contributed by atoms with Crippen LogP contribution in [0.3, 0.4) is 0 Å². The van der Waals surface area contributed by atoms with E-state index in [0.717, 1.165) is 24.1 Å². The summed E-state index contributed by atoms with van der Waals surface area (Å²) in [6.45, 7) is 1.61. The van der Waals surface area contributed by atoms with E-state index in [2.05, 4.69) is 5.32 Å². The van der Waals surface area contributed by atoms with Crippen LogP contribution in [-0.2, 0) is 19.4 Å². The molecule has 0 amide bonds. The third-order valence-electron chi connectivity index (χ3n) is 2.92. The summed E-state index contributed by atoms with van der Waals surface area (Å²) < 4.78 is 36.5. The van der Waals surface area contributed by atoms with Crippen molar-refractivity contribution in [3.63, 3.8) is 0 Å². The maximum atomic E-state index is 12.2. The van der Waals surface area contributed by atoms with Crippen molar-refractivity contribution < 1.29 is 13.2 Å². The number of halogens is 3. The maximum Gasteiger partial charge on any atom is 0.389 e. The van der Waals surface area contributed by atoms with Crippen LogP contribution in [0.2, 0.25) is 0 Å². The Morgan fingerprint density at radius 3 is 2.81 bits per heavy atom. The van der Waals surface area contributed by atoms with Crippen molar-refractivity contribution in [1.82, 2.24) is 5.32 Å². The number of rotatable bonds is 2. The van der Waals surface area contributed by atoms with E-state index < -0.39 is 12.6 Å². The molecule has 1 aliphatic rings. The largest absolute Gasteiger partial charge is 0.389 e. The highest BCUT2D eigenvalue weighted by Crippen LogP contribution is 2.25. The summed E-state index contributed by atoms with van der Waals surface area (Å²) in [4.78, 5) is 0. The lowest BCUT2D eigenvalue weighted by Crippen LogP contribution is -2.25. The van der Waals surface area contributed by atoms with Gasteiger partial charge in [0.1, 0.15) is 0 Å². The normalized spacial score (nSPS) is 15.9. The summed E-state index contributed by atoms with van der Waals surface area (Å²) in [6, 6.07) is 5.67. The zero-order valence-electron chi connectivity index (χ0n) is 8.90. The second kappa shape index (κ2) is 4.45. The lowest BCUT2D eigenvalue weighted by Gasteiger charge is -2.20. The molecule has 1 N–H and O–H groups in total. The fraction of sp³-hybridized carbons (Fsp3) is 0.500. The van der Waals surface area contributed by atoms with Gasteiger partial charge in [-0.15, -0.1) is 0 Å². The Morgan fingerprint density at radius 2 is 2.06 bits per heavy atom. The van der Waals surface area contributed by atoms with Gasteiger partial charge in [0.25, 0.3) is 0 Å². The van der Waals surface area contributed by atoms with Crippen molar-refractivity contribution in [3.05, 3.63) is 34.9 Å². The molecule has 0 bridgehead atoms. The Labute approximate surface area is 92.7 Å². The predicted molar refractivity (Wildman–Crippen MR) is 56.2 cm³/mol. The summed E-state index contributed by atoms with van der Waals surface area (Å²) in [5.74, 6) is 0. The van der Waals surface area contributed by atoms with Gasteiger partial charge < -0.3 is 5.32 Å². The highest BCUT2D eigenvalue weighted by Gasteiger charge is 2.27. The third kappa shape index (κ3) is 2.76. The van der Waals surface area contributed by atoms with Crippen LogP contribution < -0.4 is 5.32 Å². The van der Waals surface area contributed by atoms with E-state index in [1.807, 2.05) is 12.1 Å². The van der Waals surface area contributed by atoms with Gasteiger partial charge >= 0.3 is 6.18 Å². The Balaban J connectivity index is 2.15. The van der Waals surface area contributed by atoms with E-state index in [1.165, 1.54) is 5.56 Å². The summed E-state index contributed by atoms with van der Waals surface area (Å²) >= 11 is 0. The van der Waals surface area contributed by atoms with Gasteiger partial charge in [-0.05, 0) is 36.1 Å². The molecule has 0 saturated carbocycles. The summed E-state index contributed by atoms with van der Waals surface area (Å²) in [6.07, 6.45) is -3.79. The number of benzene rings is 1. The van der Waals surface area contributed by atoms with Crippen LogP contribution >= 0.6 is 0 Å². The minimum atomic E-state index is -4.06. The van der Waals surface area contributed by atoms with Crippen LogP contribution in [0, 0.1) is 0 Å². The smallest absolute Gasteiger partial charge is 0.312 e. The number of nitrogens with one attached hydrogen (secondary N) is 1. The Morgan fingerprint density at radius 1 is 1.25 bits per heavy atom. The van der Waals surface area contributed by atoms with Crippen LogP contribution in [-0.4, -0.2) is 12.7 Å². The van der Waals surface area contributed by atoms with E-state index in [0.29, 0.717) is 6.54 Å². The first kappa shape index (κ1) is 11.5. The molecule has 0 spiro atoms. The molecule has 0 atom stereocenters. The minimum Gasteiger partial charge on any atom is -0.312 e. The Hall–Kier alpha value is -1.03. The monoisotopic (exact) mass is 229 g/mol. The van der Waals surface area contributed by atoms with Crippen LogP contribution in [0.15, 0.2) is 18.2 Å². The number of hydrogen-bond donors (Lipinski definition) is 1. The summed E-state index contributed by atoms with van der Waals surface area (Å²) in [5.41, 5.74) is 3.10. The topological polar surface area (TPSA) is 12.0 Å². The van der Waals surface area contributed by atoms with Gasteiger partial charge in [-0.25, -0.2) is 0 Å². The molecule has 0 aliphatic carbocycles. The average molecular weight is 229 g/mol. The molecule has 1 aliphatic heterocycles. The number of aryl methyl sites for hydroxylation is 1. The zero-order chi connectivity index (χ0) is 11.6. The van der Waals surface area contributed by atoms with Crippen LogP contribution in [0.4, 0.5) is 13.2 Å². The number of fused-ring (bicyclic) bond motifs is 1. The lowest BCUT2D eigenvalue weighted by atomic mass is 9.93. The minimum absolute atomic E-state index is 0.0916. The molecule has 1 aromatic carbocycles. The number of hydrogen-bond acceptors (Lipinski definition) is 1. The molecule has 1 aromatic rings. The molecule has 0 fully saturated rings. The molecule has 1 nitrogen and oxygen atoms in total. The lowest BCUT2D eigenvalue weighted by molar-refractivity contribution is -0.134. The van der Waals surface area contributed by atoms with Crippen molar-refractivity contribution in [2.45, 2.75) is 32.0 Å². The predicted octanol–water partition coefficient (Wildman–Crippen LogP) is 2.83. The molecular weight excluding hydrogens is 215 g/mol. The van der Waals surface area contributed by atoms with Crippen LogP contribution in [0.5, 0.6) is 0 Å². The first-order valence-electron chi connectivity index (χ1n) is 5.43. The van der Waals surface area contributed by atoms with Gasteiger partial charge in [-0.3, -0.25) is 0 Å². The van der Waals surface area contributed by atoms with Crippen molar-refractivity contribution in [2.24, 2.45) is 0 Å². The van der Waals surface area contributed by atoms with E-state index >= 15 is 0 Å². The van der Waals surface area contributed by atoms with E-state index in [9.17, 15) is 13.2 Å². The quantitative estimate of drug-likeness (QED) is 0.822. The number of alkyl halides is 3. The molecule has 16 heavy (non-hydrogen) atoms. The molecule has 0 radical (unpaired) electrons.